The Morgan fingerprint density at radius 3 is 1.87 bits per heavy atom. The predicted molar refractivity (Wildman–Crippen MR) is 124 cm³/mol. The van der Waals surface area contributed by atoms with E-state index in [1.807, 2.05) is 0 Å². The normalized spacial score (nSPS) is 12.0. The molecule has 0 saturated heterocycles. The number of halogens is 4. The van der Waals surface area contributed by atoms with Crippen LogP contribution in [-0.4, -0.2) is 16.8 Å². The Labute approximate surface area is 197 Å². The summed E-state index contributed by atoms with van der Waals surface area (Å²) in [6.07, 6.45) is 0. The second kappa shape index (κ2) is 8.74. The van der Waals surface area contributed by atoms with Gasteiger partial charge in [0.1, 0.15) is 9.10 Å². The van der Waals surface area contributed by atoms with Crippen molar-refractivity contribution in [3.63, 3.8) is 0 Å². The average molecular weight is 546 g/mol. The van der Waals surface area contributed by atoms with Crippen molar-refractivity contribution in [3.8, 4) is 0 Å². The summed E-state index contributed by atoms with van der Waals surface area (Å²) in [5.41, 5.74) is 0.255. The Kier molecular flexibility index (Phi) is 6.83. The molecule has 2 N–H and O–H groups in total. The van der Waals surface area contributed by atoms with Gasteiger partial charge in [-0.3, -0.25) is 9.44 Å². The number of hydrogen-bond acceptors (Lipinski definition) is 5. The summed E-state index contributed by atoms with van der Waals surface area (Å²) in [7, 11) is -8.19. The van der Waals surface area contributed by atoms with Crippen LogP contribution < -0.4 is 9.44 Å². The van der Waals surface area contributed by atoms with Crippen LogP contribution >= 0.6 is 57.7 Å². The van der Waals surface area contributed by atoms with E-state index in [4.69, 9.17) is 46.4 Å². The second-order valence-corrected chi connectivity index (χ2v) is 12.1. The molecule has 0 saturated carbocycles. The molecule has 0 bridgehead atoms. The van der Waals surface area contributed by atoms with Crippen molar-refractivity contribution in [1.82, 2.24) is 0 Å². The summed E-state index contributed by atoms with van der Waals surface area (Å²) in [4.78, 5) is -0.232. The zero-order valence-corrected chi connectivity index (χ0v) is 20.4. The summed E-state index contributed by atoms with van der Waals surface area (Å²) in [6.45, 7) is 1.62. The molecular weight excluding hydrogens is 534 g/mol. The fraction of sp³-hybridized carbons (Fsp3) is 0.0588. The number of nitrogens with one attached hydrogen (secondary N) is 2. The molecule has 0 aliphatic heterocycles. The molecule has 3 aromatic rings. The lowest BCUT2D eigenvalue weighted by Crippen LogP contribution is -2.17. The van der Waals surface area contributed by atoms with E-state index in [0.29, 0.717) is 10.6 Å². The zero-order chi connectivity index (χ0) is 22.3. The lowest BCUT2D eigenvalue weighted by molar-refractivity contribution is 0.599. The van der Waals surface area contributed by atoms with Crippen LogP contribution in [0.4, 0.5) is 11.4 Å². The Bertz CT molecular complexity index is 1330. The molecule has 30 heavy (non-hydrogen) atoms. The third-order valence-corrected chi connectivity index (χ3v) is 9.53. The second-order valence-electron chi connectivity index (χ2n) is 5.99. The molecular formula is C17H12Cl4N2O4S3. The van der Waals surface area contributed by atoms with E-state index < -0.39 is 20.0 Å². The number of anilines is 2. The largest absolute Gasteiger partial charge is 0.277 e. The molecule has 13 heteroatoms. The minimum atomic E-state index is -4.22. The van der Waals surface area contributed by atoms with Gasteiger partial charge in [-0.25, -0.2) is 16.8 Å². The molecule has 0 aliphatic carbocycles. The maximum absolute atomic E-state index is 12.9. The first-order valence-electron chi connectivity index (χ1n) is 7.94. The Morgan fingerprint density at radius 2 is 1.33 bits per heavy atom. The number of aryl methyl sites for hydroxylation is 1. The zero-order valence-electron chi connectivity index (χ0n) is 14.9. The molecule has 0 amide bonds. The van der Waals surface area contributed by atoms with Crippen LogP contribution in [0.1, 0.15) is 5.56 Å². The van der Waals surface area contributed by atoms with E-state index in [1.165, 1.54) is 30.3 Å². The van der Waals surface area contributed by atoms with Crippen molar-refractivity contribution < 1.29 is 16.8 Å². The van der Waals surface area contributed by atoms with Crippen molar-refractivity contribution in [3.05, 3.63) is 67.4 Å². The summed E-state index contributed by atoms with van der Waals surface area (Å²) in [5.74, 6) is 0. The van der Waals surface area contributed by atoms with Gasteiger partial charge in [-0.15, -0.1) is 11.3 Å². The molecule has 1 aromatic heterocycles. The van der Waals surface area contributed by atoms with Crippen molar-refractivity contribution in [2.45, 2.75) is 16.0 Å². The highest BCUT2D eigenvalue weighted by atomic mass is 35.5. The summed E-state index contributed by atoms with van der Waals surface area (Å²) >= 11 is 25.1. The van der Waals surface area contributed by atoms with Gasteiger partial charge in [0.15, 0.2) is 0 Å². The lowest BCUT2D eigenvalue weighted by atomic mass is 10.2. The van der Waals surface area contributed by atoms with Gasteiger partial charge in [0.05, 0.1) is 26.4 Å². The molecule has 0 spiro atoms. The Balaban J connectivity index is 2.06. The molecule has 0 aliphatic rings. The Morgan fingerprint density at radius 1 is 0.767 bits per heavy atom. The van der Waals surface area contributed by atoms with Crippen LogP contribution in [0, 0.1) is 6.92 Å². The maximum atomic E-state index is 12.9. The van der Waals surface area contributed by atoms with Crippen molar-refractivity contribution in [2.24, 2.45) is 0 Å². The van der Waals surface area contributed by atoms with E-state index in [0.717, 1.165) is 11.3 Å². The van der Waals surface area contributed by atoms with Gasteiger partial charge < -0.3 is 0 Å². The molecule has 1 heterocycles. The van der Waals surface area contributed by atoms with Gasteiger partial charge in [-0.2, -0.15) is 0 Å². The SMILES string of the molecule is Cc1cc(S(=O)(=O)Nc2cc(Cl)c(Cl)cc2NS(=O)(=O)c2cccs2)c(Cl)cc1Cl. The van der Waals surface area contributed by atoms with Gasteiger partial charge in [-0.05, 0) is 48.2 Å². The van der Waals surface area contributed by atoms with Crippen LogP contribution in [0.5, 0.6) is 0 Å². The third kappa shape index (κ3) is 4.99. The number of rotatable bonds is 6. The van der Waals surface area contributed by atoms with Crippen molar-refractivity contribution in [2.75, 3.05) is 9.44 Å². The standard InChI is InChI=1S/C17H12Cl4N2O4S3/c1-9-5-16(13(21)6-10(9)18)29(24,25)22-14-7-11(19)12(20)8-15(14)23-30(26,27)17-3-2-4-28-17/h2-8,22-23H,1H3. The fourth-order valence-corrected chi connectivity index (χ4v) is 6.66. The molecule has 6 nitrogen and oxygen atoms in total. The number of thiophene rings is 1. The maximum Gasteiger partial charge on any atom is 0.271 e. The van der Waals surface area contributed by atoms with Crippen molar-refractivity contribution in [1.29, 1.82) is 0 Å². The van der Waals surface area contributed by atoms with E-state index in [2.05, 4.69) is 9.44 Å². The van der Waals surface area contributed by atoms with Crippen LogP contribution in [0.25, 0.3) is 0 Å². The van der Waals surface area contributed by atoms with Crippen LogP contribution in [0.15, 0.2) is 50.9 Å². The first-order valence-corrected chi connectivity index (χ1v) is 13.3. The number of hydrogen-bond donors (Lipinski definition) is 2. The summed E-state index contributed by atoms with van der Waals surface area (Å²) < 4.78 is 55.7. The van der Waals surface area contributed by atoms with E-state index in [-0.39, 0.29) is 35.5 Å². The molecule has 0 atom stereocenters. The van der Waals surface area contributed by atoms with E-state index in [1.54, 1.807) is 18.4 Å². The average Bonchev–Trinajstić information content (AvgIpc) is 3.17. The molecule has 160 valence electrons. The minimum absolute atomic E-state index is 0.0202. The first kappa shape index (κ1) is 23.5. The number of sulfonamides is 2. The van der Waals surface area contributed by atoms with Crippen LogP contribution in [0.2, 0.25) is 20.1 Å². The van der Waals surface area contributed by atoms with Gasteiger partial charge >= 0.3 is 0 Å². The summed E-state index contributed by atoms with van der Waals surface area (Å²) in [5, 5.41) is 1.85. The van der Waals surface area contributed by atoms with Crippen LogP contribution in [-0.2, 0) is 20.0 Å². The third-order valence-electron chi connectivity index (χ3n) is 3.81. The van der Waals surface area contributed by atoms with E-state index in [9.17, 15) is 16.8 Å². The minimum Gasteiger partial charge on any atom is -0.277 e. The van der Waals surface area contributed by atoms with Gasteiger partial charge in [-0.1, -0.05) is 52.5 Å². The Hall–Kier alpha value is -1.20. The number of benzene rings is 2. The summed E-state index contributed by atoms with van der Waals surface area (Å²) in [6, 6.07) is 8.00. The van der Waals surface area contributed by atoms with Crippen molar-refractivity contribution >= 4 is 89.2 Å². The van der Waals surface area contributed by atoms with Gasteiger partial charge in [0, 0.05) is 5.02 Å². The lowest BCUT2D eigenvalue weighted by Gasteiger charge is -2.16. The molecule has 0 unspecified atom stereocenters. The predicted octanol–water partition coefficient (Wildman–Crippen LogP) is 6.27. The highest BCUT2D eigenvalue weighted by Crippen LogP contribution is 2.37. The molecule has 0 radical (unpaired) electrons. The van der Waals surface area contributed by atoms with E-state index >= 15 is 0 Å². The monoisotopic (exact) mass is 544 g/mol. The molecule has 3 rings (SSSR count). The van der Waals surface area contributed by atoms with Crippen LogP contribution in [0.3, 0.4) is 0 Å². The van der Waals surface area contributed by atoms with Gasteiger partial charge in [0.25, 0.3) is 20.0 Å². The highest BCUT2D eigenvalue weighted by Gasteiger charge is 2.24. The first-order chi connectivity index (χ1) is 13.9. The highest BCUT2D eigenvalue weighted by molar-refractivity contribution is 7.94. The quantitative estimate of drug-likeness (QED) is 0.381. The van der Waals surface area contributed by atoms with Gasteiger partial charge in [0.2, 0.25) is 0 Å². The molecule has 0 fully saturated rings. The topological polar surface area (TPSA) is 92.3 Å². The molecule has 2 aromatic carbocycles. The fourth-order valence-electron chi connectivity index (χ4n) is 2.36. The smallest absolute Gasteiger partial charge is 0.271 e.